The van der Waals surface area contributed by atoms with Crippen LogP contribution in [0.3, 0.4) is 0 Å². The summed E-state index contributed by atoms with van der Waals surface area (Å²) in [5.74, 6) is 0.793. The monoisotopic (exact) mass is 337 g/mol. The highest BCUT2D eigenvalue weighted by atomic mass is 79.9. The van der Waals surface area contributed by atoms with E-state index in [1.807, 2.05) is 16.3 Å². The number of amides is 1. The Morgan fingerprint density at radius 3 is 2.86 bits per heavy atom. The molecule has 1 fully saturated rings. The third-order valence-electron chi connectivity index (χ3n) is 2.27. The topological polar surface area (TPSA) is 20.3 Å². The summed E-state index contributed by atoms with van der Waals surface area (Å²) < 4.78 is 0.912. The second kappa shape index (κ2) is 4.33. The molecule has 0 atom stereocenters. The Morgan fingerprint density at radius 1 is 1.64 bits per heavy atom. The van der Waals surface area contributed by atoms with Crippen molar-refractivity contribution >= 4 is 49.1 Å². The molecule has 1 aliphatic rings. The average Bonchev–Trinajstić information content (AvgIpc) is 2.49. The molecule has 0 aliphatic carbocycles. The molecule has 76 valence electrons. The van der Waals surface area contributed by atoms with Gasteiger partial charge in [0, 0.05) is 28.8 Å². The Hall–Kier alpha value is 0.130. The van der Waals surface area contributed by atoms with Gasteiger partial charge in [-0.2, -0.15) is 0 Å². The Morgan fingerprint density at radius 2 is 2.36 bits per heavy atom. The van der Waals surface area contributed by atoms with Gasteiger partial charge in [-0.3, -0.25) is 4.79 Å². The average molecular weight is 339 g/mol. The van der Waals surface area contributed by atoms with Crippen molar-refractivity contribution in [2.45, 2.75) is 0 Å². The molecule has 1 aromatic heterocycles. The maximum Gasteiger partial charge on any atom is 0.265 e. The van der Waals surface area contributed by atoms with E-state index in [1.54, 1.807) is 0 Å². The van der Waals surface area contributed by atoms with Crippen LogP contribution in [0.5, 0.6) is 0 Å². The molecule has 5 heteroatoms. The van der Waals surface area contributed by atoms with Crippen molar-refractivity contribution in [2.24, 2.45) is 5.92 Å². The molecule has 0 radical (unpaired) electrons. The van der Waals surface area contributed by atoms with Gasteiger partial charge in [0.1, 0.15) is 4.88 Å². The van der Waals surface area contributed by atoms with Gasteiger partial charge < -0.3 is 4.90 Å². The molecule has 2 heterocycles. The molecule has 1 aliphatic heterocycles. The van der Waals surface area contributed by atoms with Crippen molar-refractivity contribution in [2.75, 3.05) is 18.4 Å². The number of alkyl halides is 1. The molecule has 0 spiro atoms. The molecule has 0 unspecified atom stereocenters. The molecular weight excluding hydrogens is 330 g/mol. The Balaban J connectivity index is 2.01. The molecule has 0 aromatic carbocycles. The van der Waals surface area contributed by atoms with E-state index in [1.165, 1.54) is 11.3 Å². The first-order chi connectivity index (χ1) is 6.72. The molecule has 1 saturated heterocycles. The normalized spacial score (nSPS) is 16.9. The van der Waals surface area contributed by atoms with Gasteiger partial charge in [-0.05, 0) is 27.4 Å². The number of rotatable bonds is 2. The highest BCUT2D eigenvalue weighted by molar-refractivity contribution is 9.10. The summed E-state index contributed by atoms with van der Waals surface area (Å²) in [6, 6.07) is 1.92. The van der Waals surface area contributed by atoms with E-state index >= 15 is 0 Å². The van der Waals surface area contributed by atoms with Crippen LogP contribution in [0.25, 0.3) is 0 Å². The summed E-state index contributed by atoms with van der Waals surface area (Å²) >= 11 is 8.29. The number of carbonyl (C=O) groups is 1. The van der Waals surface area contributed by atoms with Crippen LogP contribution in [-0.4, -0.2) is 29.2 Å². The number of hydrogen-bond donors (Lipinski definition) is 0. The highest BCUT2D eigenvalue weighted by Crippen LogP contribution is 2.27. The Labute approximate surface area is 104 Å². The first-order valence-electron chi connectivity index (χ1n) is 4.30. The number of nitrogens with zero attached hydrogens (tertiary/aromatic N) is 1. The summed E-state index contributed by atoms with van der Waals surface area (Å²) in [5.41, 5.74) is 0. The van der Waals surface area contributed by atoms with Crippen LogP contribution < -0.4 is 0 Å². The van der Waals surface area contributed by atoms with Crippen molar-refractivity contribution < 1.29 is 4.79 Å². The number of thiophene rings is 1. The number of hydrogen-bond acceptors (Lipinski definition) is 2. The second-order valence-corrected chi connectivity index (χ2v) is 5.75. The van der Waals surface area contributed by atoms with Gasteiger partial charge in [-0.1, -0.05) is 15.9 Å². The van der Waals surface area contributed by atoms with Gasteiger partial charge in [0.15, 0.2) is 0 Å². The summed E-state index contributed by atoms with van der Waals surface area (Å²) in [6.07, 6.45) is 0. The largest absolute Gasteiger partial charge is 0.337 e. The van der Waals surface area contributed by atoms with Crippen molar-refractivity contribution in [3.8, 4) is 0 Å². The Kier molecular flexibility index (Phi) is 3.29. The molecule has 2 nitrogen and oxygen atoms in total. The lowest BCUT2D eigenvalue weighted by Gasteiger charge is -2.38. The maximum atomic E-state index is 11.9. The van der Waals surface area contributed by atoms with Crippen LogP contribution >= 0.6 is 43.2 Å². The third kappa shape index (κ3) is 1.90. The van der Waals surface area contributed by atoms with E-state index in [4.69, 9.17) is 0 Å². The summed E-state index contributed by atoms with van der Waals surface area (Å²) in [7, 11) is 0. The summed E-state index contributed by atoms with van der Waals surface area (Å²) in [4.78, 5) is 14.6. The fraction of sp³-hybridized carbons (Fsp3) is 0.444. The minimum Gasteiger partial charge on any atom is -0.337 e. The quantitative estimate of drug-likeness (QED) is 0.759. The lowest BCUT2D eigenvalue weighted by molar-refractivity contribution is 0.0543. The standard InChI is InChI=1S/C9H9Br2NOS/c10-3-6-4-12(5-6)9(13)8-7(11)1-2-14-8/h1-2,6H,3-5H2. The first kappa shape index (κ1) is 10.6. The minimum atomic E-state index is 0.157. The van der Waals surface area contributed by atoms with E-state index in [0.717, 1.165) is 27.8 Å². The van der Waals surface area contributed by atoms with Crippen molar-refractivity contribution in [3.05, 3.63) is 20.8 Å². The highest BCUT2D eigenvalue weighted by Gasteiger charge is 2.31. The van der Waals surface area contributed by atoms with Crippen LogP contribution in [0.1, 0.15) is 9.67 Å². The van der Waals surface area contributed by atoms with Crippen LogP contribution in [0.2, 0.25) is 0 Å². The minimum absolute atomic E-state index is 0.157. The zero-order chi connectivity index (χ0) is 10.1. The molecule has 0 N–H and O–H groups in total. The van der Waals surface area contributed by atoms with E-state index in [0.29, 0.717) is 5.92 Å². The van der Waals surface area contributed by atoms with Gasteiger partial charge in [0.05, 0.1) is 0 Å². The lowest BCUT2D eigenvalue weighted by Crippen LogP contribution is -2.50. The van der Waals surface area contributed by atoms with E-state index < -0.39 is 0 Å². The first-order valence-corrected chi connectivity index (χ1v) is 7.10. The molecule has 1 aromatic rings. The molecule has 0 saturated carbocycles. The van der Waals surface area contributed by atoms with E-state index in [2.05, 4.69) is 31.9 Å². The Bertz CT molecular complexity index is 346. The van der Waals surface area contributed by atoms with Crippen LogP contribution in [-0.2, 0) is 0 Å². The van der Waals surface area contributed by atoms with Crippen LogP contribution in [0.15, 0.2) is 15.9 Å². The predicted molar refractivity (Wildman–Crippen MR) is 65.2 cm³/mol. The fourth-order valence-electron chi connectivity index (χ4n) is 1.42. The van der Waals surface area contributed by atoms with Crippen molar-refractivity contribution in [1.29, 1.82) is 0 Å². The summed E-state index contributed by atoms with van der Waals surface area (Å²) in [5, 5.41) is 2.92. The molecular formula is C9H9Br2NOS. The van der Waals surface area contributed by atoms with Gasteiger partial charge >= 0.3 is 0 Å². The molecule has 1 amide bonds. The molecule has 2 rings (SSSR count). The van der Waals surface area contributed by atoms with Gasteiger partial charge in [0.25, 0.3) is 5.91 Å². The second-order valence-electron chi connectivity index (χ2n) is 3.33. The van der Waals surface area contributed by atoms with E-state index in [-0.39, 0.29) is 5.91 Å². The maximum absolute atomic E-state index is 11.9. The number of likely N-dealkylation sites (tertiary alicyclic amines) is 1. The predicted octanol–water partition coefficient (Wildman–Crippen LogP) is 2.98. The van der Waals surface area contributed by atoms with Gasteiger partial charge in [0.2, 0.25) is 0 Å². The third-order valence-corrected chi connectivity index (χ3v) is 5.02. The van der Waals surface area contributed by atoms with Gasteiger partial charge in [-0.15, -0.1) is 11.3 Å². The zero-order valence-corrected chi connectivity index (χ0v) is 11.4. The van der Waals surface area contributed by atoms with Crippen LogP contribution in [0.4, 0.5) is 0 Å². The van der Waals surface area contributed by atoms with Crippen molar-refractivity contribution in [1.82, 2.24) is 4.90 Å². The number of halogens is 2. The lowest BCUT2D eigenvalue weighted by atomic mass is 10.0. The molecule has 0 bridgehead atoms. The van der Waals surface area contributed by atoms with Gasteiger partial charge in [-0.25, -0.2) is 0 Å². The smallest absolute Gasteiger partial charge is 0.265 e. The van der Waals surface area contributed by atoms with E-state index in [9.17, 15) is 4.79 Å². The summed E-state index contributed by atoms with van der Waals surface area (Å²) in [6.45, 7) is 1.77. The fourth-order valence-corrected chi connectivity index (χ4v) is 3.34. The van der Waals surface area contributed by atoms with Crippen LogP contribution in [0, 0.1) is 5.92 Å². The SMILES string of the molecule is O=C(c1sccc1Br)N1CC(CBr)C1. The molecule has 14 heavy (non-hydrogen) atoms. The zero-order valence-electron chi connectivity index (χ0n) is 7.37. The number of carbonyl (C=O) groups excluding carboxylic acids is 1. The van der Waals surface area contributed by atoms with Crippen molar-refractivity contribution in [3.63, 3.8) is 0 Å².